The molecule has 0 bridgehead atoms. The van der Waals surface area contributed by atoms with Crippen LogP contribution < -0.4 is 33.2 Å². The molecule has 0 aromatic heterocycles. The van der Waals surface area contributed by atoms with Crippen LogP contribution in [0.2, 0.25) is 0 Å². The summed E-state index contributed by atoms with van der Waals surface area (Å²) in [4.78, 5) is 46.2. The van der Waals surface area contributed by atoms with Crippen molar-refractivity contribution in [2.75, 3.05) is 90.0 Å². The Labute approximate surface area is 725 Å². The van der Waals surface area contributed by atoms with Gasteiger partial charge in [0.15, 0.2) is 5.78 Å². The molecule has 17 nitrogen and oxygen atoms in total. The van der Waals surface area contributed by atoms with Crippen LogP contribution in [0.25, 0.3) is 0 Å². The van der Waals surface area contributed by atoms with Gasteiger partial charge in [-0.1, -0.05) is 39.8 Å². The van der Waals surface area contributed by atoms with E-state index in [1.165, 1.54) is 55.5 Å². The molecule has 0 aliphatic carbocycles. The molecule has 123 heavy (non-hydrogen) atoms. The van der Waals surface area contributed by atoms with Gasteiger partial charge >= 0.3 is 43.2 Å². The number of phenols is 1. The molecular formula is C86H91Cl2F15O17S3. The quantitative estimate of drug-likeness (QED) is 0.00838. The van der Waals surface area contributed by atoms with Gasteiger partial charge in [0.2, 0.25) is 0 Å². The number of hydrogen-bond acceptors (Lipinski definition) is 20. The number of phenolic OH excluding ortho intramolecular Hbond substituents is 1. The van der Waals surface area contributed by atoms with Gasteiger partial charge in [-0.25, -0.2) is 0 Å². The number of ether oxygens (including phenoxy) is 7. The lowest BCUT2D eigenvalue weighted by molar-refractivity contribution is -0.193. The maximum absolute atomic E-state index is 12.5. The fraction of sp³-hybridized carbons (Fsp3) is 0.291. The van der Waals surface area contributed by atoms with Gasteiger partial charge in [-0.2, -0.15) is 85.0 Å². The Morgan fingerprint density at radius 1 is 0.398 bits per heavy atom. The summed E-state index contributed by atoms with van der Waals surface area (Å²) in [6.45, 7) is 28.5. The summed E-state index contributed by atoms with van der Waals surface area (Å²) in [5.41, 5.74) is 2.62. The van der Waals surface area contributed by atoms with E-state index in [2.05, 4.69) is 58.5 Å². The van der Waals surface area contributed by atoms with Gasteiger partial charge in [-0.15, -0.1) is 59.4 Å². The van der Waals surface area contributed by atoms with Crippen LogP contribution in [-0.2, 0) is 54.9 Å². The molecule has 0 saturated heterocycles. The second kappa shape index (κ2) is 61.9. The smallest absolute Gasteiger partial charge is 0.416 e. The van der Waals surface area contributed by atoms with E-state index in [0.717, 1.165) is 139 Å². The maximum atomic E-state index is 12.5. The highest BCUT2D eigenvalue weighted by Crippen LogP contribution is 2.36. The minimum absolute atomic E-state index is 0.0225. The molecule has 37 heteroatoms. The highest BCUT2D eigenvalue weighted by Gasteiger charge is 2.33. The Morgan fingerprint density at radius 2 is 0.659 bits per heavy atom. The third kappa shape index (κ3) is 54.1. The van der Waals surface area contributed by atoms with E-state index in [1.807, 2.05) is 69.3 Å². The number of carbonyl (C=O) groups excluding carboxylic acids is 5. The standard InChI is InChI=1S/C21H23F3O2S.C19H19F3O2S.2C11H11F3O2.C10H12O2S.C7H5F3O.C4H8O2.CH2Cl2.2CO2/c1-4-11-25-20-10-9-19(12-16(20)3)27-14-15(2)13-26-18-7-5-17(6-8-18)21(22,23)24;1-13(12-25-17-8-9-18(23-3)14(2)10-17)11-24-16-6-4-15(5-7-16)19(20,21)22;2*1-8(6-15)7-16-10-4-2-9(3-5-10)11(12,13)14;1-7-5-9(13)3-4-10(7)12-6-8(2)11;8-7(9,10)5-1-3-6(11)4-2-5;1-4(2-5)3-6;3*2-1-3/h5-10,12H,2,4,11,13-14H2,1,3H3;4-10H,1,11-12H2,2-3H3;2*2-5,15H,1,6-7H2;3-5,13H,6H2,1-2H3;1-4,11H;5-6H,1-3H2;1H2;;. The summed E-state index contributed by atoms with van der Waals surface area (Å²) in [5.74, 6) is 5.05. The van der Waals surface area contributed by atoms with Crippen LogP contribution in [0.3, 0.4) is 0 Å². The van der Waals surface area contributed by atoms with Crippen LogP contribution in [0.1, 0.15) is 64.8 Å². The number of thioether (sulfide) groups is 2. The number of halogens is 17. The largest absolute Gasteiger partial charge is 0.508 e. The van der Waals surface area contributed by atoms with Crippen molar-refractivity contribution in [1.82, 2.24) is 0 Å². The van der Waals surface area contributed by atoms with Crippen molar-refractivity contribution < 1.29 is 149 Å². The molecule has 0 heterocycles. The van der Waals surface area contributed by atoms with Crippen molar-refractivity contribution in [1.29, 1.82) is 0 Å². The Hall–Kier alpha value is -10.3. The molecule has 0 radical (unpaired) electrons. The molecule has 0 aliphatic rings. The number of thiol groups is 1. The summed E-state index contributed by atoms with van der Waals surface area (Å²) >= 11 is 17.0. The van der Waals surface area contributed by atoms with Gasteiger partial charge in [0.1, 0.15) is 79.0 Å². The van der Waals surface area contributed by atoms with Crippen molar-refractivity contribution in [3.63, 3.8) is 0 Å². The first-order valence-corrected chi connectivity index (χ1v) is 38.6. The predicted octanol–water partition coefficient (Wildman–Crippen LogP) is 22.0. The molecule has 0 atom stereocenters. The fourth-order valence-corrected chi connectivity index (χ4v) is 9.97. The molecule has 0 fully saturated rings. The van der Waals surface area contributed by atoms with Gasteiger partial charge in [0.05, 0.1) is 73.3 Å². The molecule has 0 saturated carbocycles. The lowest BCUT2D eigenvalue weighted by Crippen LogP contribution is -2.07. The molecule has 8 rings (SSSR count). The Balaban J connectivity index is 0. The first-order chi connectivity index (χ1) is 57.6. The maximum Gasteiger partial charge on any atom is 0.416 e. The van der Waals surface area contributed by atoms with E-state index in [1.54, 1.807) is 30.6 Å². The summed E-state index contributed by atoms with van der Waals surface area (Å²) in [5, 5.41) is 42.3. The average Bonchev–Trinajstić information content (AvgIpc) is 0.861. The molecule has 0 unspecified atom stereocenters. The van der Waals surface area contributed by atoms with E-state index in [9.17, 15) is 70.7 Å². The normalized spacial score (nSPS) is 10.4. The number of carbonyl (C=O) groups is 1. The number of benzene rings is 8. The van der Waals surface area contributed by atoms with Gasteiger partial charge < -0.3 is 58.7 Å². The zero-order chi connectivity index (χ0) is 94.1. The lowest BCUT2D eigenvalue weighted by Gasteiger charge is -2.12. The Bertz CT molecular complexity index is 4390. The first-order valence-electron chi connectivity index (χ1n) is 35.1. The molecule has 674 valence electrons. The zero-order valence-electron chi connectivity index (χ0n) is 67.0. The number of alkyl halides is 17. The van der Waals surface area contributed by atoms with Crippen molar-refractivity contribution in [2.45, 2.75) is 86.6 Å². The van der Waals surface area contributed by atoms with Gasteiger partial charge in [0.25, 0.3) is 0 Å². The van der Waals surface area contributed by atoms with Crippen LogP contribution >= 0.6 is 59.4 Å². The summed E-state index contributed by atoms with van der Waals surface area (Å²) in [7, 11) is 1.63. The lowest BCUT2D eigenvalue weighted by atomic mass is 10.2. The van der Waals surface area contributed by atoms with Gasteiger partial charge in [-0.05, 0) is 255 Å². The molecule has 8 aromatic rings. The highest BCUT2D eigenvalue weighted by atomic mass is 35.5. The number of aliphatic hydroxyl groups excluding tert-OH is 4. The Kier molecular flexibility index (Phi) is 57.8. The third-order valence-electron chi connectivity index (χ3n) is 14.0. The zero-order valence-corrected chi connectivity index (χ0v) is 71.0. The minimum atomic E-state index is -4.34. The van der Waals surface area contributed by atoms with Crippen molar-refractivity contribution >= 4 is 77.4 Å². The fourth-order valence-electron chi connectivity index (χ4n) is 7.95. The molecule has 0 aliphatic heterocycles. The van der Waals surface area contributed by atoms with E-state index in [-0.39, 0.29) is 88.6 Å². The summed E-state index contributed by atoms with van der Waals surface area (Å²) in [6.07, 6.45) is -20.2. The first kappa shape index (κ1) is 115. The number of hydrogen-bond donors (Lipinski definition) is 6. The van der Waals surface area contributed by atoms with Crippen LogP contribution in [-0.4, -0.2) is 134 Å². The summed E-state index contributed by atoms with van der Waals surface area (Å²) in [6, 6.07) is 39.2. The van der Waals surface area contributed by atoms with Gasteiger partial charge in [-0.3, -0.25) is 4.79 Å². The van der Waals surface area contributed by atoms with Crippen LogP contribution in [0, 0.1) is 20.8 Å². The number of aromatic hydroxyl groups is 1. The third-order valence-corrected chi connectivity index (χ3v) is 16.6. The monoisotopic (exact) mass is 1850 g/mol. The molecule has 0 spiro atoms. The number of Topliss-reactive ketones (excluding diaryl/α,β-unsaturated/α-hetero) is 1. The number of aliphatic hydroxyl groups is 4. The number of ketones is 1. The second-order valence-electron chi connectivity index (χ2n) is 24.4. The minimum Gasteiger partial charge on any atom is -0.508 e. The SMILES string of the molecule is C=C(CO)CO.C=C(CO)COc1ccc(C(F)(F)F)cc1.C=C(CO)COc1ccc(C(F)(F)F)cc1.C=C(COc1ccc(C(F)(F)F)cc1)CSc1ccc(OC)c(C)c1.C=C(COc1ccc(C(F)(F)F)cc1)CSc1ccc(OCCC)c(C)c1.CC(=O)COc1ccc(S)cc1C.ClCCl.O=C=O.O=C=O.Oc1ccc(C(F)(F)F)cc1. The predicted molar refractivity (Wildman–Crippen MR) is 442 cm³/mol. The summed E-state index contributed by atoms with van der Waals surface area (Å²) < 4.78 is 221. The van der Waals surface area contributed by atoms with E-state index < -0.39 is 58.7 Å². The van der Waals surface area contributed by atoms with Crippen molar-refractivity contribution in [2.24, 2.45) is 0 Å². The molecular weight excluding hydrogens is 1760 g/mol. The van der Waals surface area contributed by atoms with Crippen LogP contribution in [0.5, 0.6) is 46.0 Å². The van der Waals surface area contributed by atoms with E-state index >= 15 is 0 Å². The molecule has 5 N–H and O–H groups in total. The second-order valence-corrected chi connectivity index (χ2v) is 27.8. The molecule has 8 aromatic carbocycles. The Morgan fingerprint density at radius 3 is 0.902 bits per heavy atom. The number of rotatable bonds is 29. The van der Waals surface area contributed by atoms with Crippen molar-refractivity contribution in [3.8, 4) is 46.0 Å². The van der Waals surface area contributed by atoms with Gasteiger partial charge in [0, 0.05) is 26.2 Å². The van der Waals surface area contributed by atoms with E-state index in [4.69, 9.17) is 101 Å². The van der Waals surface area contributed by atoms with Crippen molar-refractivity contribution in [3.05, 3.63) is 281 Å². The topological polar surface area (TPSA) is 251 Å². The number of aryl methyl sites for hydroxylation is 3. The number of methoxy groups -OCH3 is 1. The van der Waals surface area contributed by atoms with E-state index in [0.29, 0.717) is 57.8 Å². The molecule has 0 amide bonds. The highest BCUT2D eigenvalue weighted by molar-refractivity contribution is 7.99. The average molecular weight is 1850 g/mol. The van der Waals surface area contributed by atoms with Crippen LogP contribution in [0.4, 0.5) is 65.9 Å². The van der Waals surface area contributed by atoms with Crippen LogP contribution in [0.15, 0.2) is 251 Å².